The van der Waals surface area contributed by atoms with E-state index in [1.54, 1.807) is 29.9 Å². The monoisotopic (exact) mass is 423 g/mol. The molecular formula is C22H25N5O2S. The lowest BCUT2D eigenvalue weighted by Crippen LogP contribution is -2.49. The highest BCUT2D eigenvalue weighted by molar-refractivity contribution is 7.03. The van der Waals surface area contributed by atoms with Gasteiger partial charge in [-0.15, -0.1) is 5.10 Å². The molecule has 3 rings (SSSR count). The van der Waals surface area contributed by atoms with Gasteiger partial charge in [-0.1, -0.05) is 16.6 Å². The number of rotatable bonds is 5. The number of nitrogens with one attached hydrogen (secondary N) is 1. The zero-order valence-electron chi connectivity index (χ0n) is 17.7. The number of pyridine rings is 1. The maximum absolute atomic E-state index is 13.6. The number of aryl methyl sites for hydroxylation is 2. The summed E-state index contributed by atoms with van der Waals surface area (Å²) in [5.74, 6) is -0.672. The summed E-state index contributed by atoms with van der Waals surface area (Å²) in [5.41, 5.74) is 2.89. The van der Waals surface area contributed by atoms with Gasteiger partial charge in [-0.3, -0.25) is 19.5 Å². The lowest BCUT2D eigenvalue weighted by Gasteiger charge is -2.34. The molecule has 3 aromatic rings. The standard InChI is InChI=1S/C22H25N5O2S/c1-14-6-7-15(2)18(12-14)27(21(29)17-13-30-26-25-17)19(16-8-10-23-11-9-16)20(28)24-22(3,4)5/h6-13,19H,1-5H3,(H,24,28)/t19-/m1/s1. The molecule has 1 atom stereocenters. The Morgan fingerprint density at radius 1 is 1.10 bits per heavy atom. The van der Waals surface area contributed by atoms with Gasteiger partial charge in [0.05, 0.1) is 0 Å². The first-order chi connectivity index (χ1) is 14.2. The summed E-state index contributed by atoms with van der Waals surface area (Å²) in [6.45, 7) is 9.58. The van der Waals surface area contributed by atoms with E-state index in [9.17, 15) is 9.59 Å². The minimum absolute atomic E-state index is 0.198. The van der Waals surface area contributed by atoms with Crippen LogP contribution >= 0.6 is 11.5 Å². The molecule has 7 nitrogen and oxygen atoms in total. The Bertz CT molecular complexity index is 1030. The van der Waals surface area contributed by atoms with Gasteiger partial charge in [-0.2, -0.15) is 0 Å². The van der Waals surface area contributed by atoms with E-state index < -0.39 is 11.6 Å². The summed E-state index contributed by atoms with van der Waals surface area (Å²) < 4.78 is 3.83. The molecule has 0 bridgehead atoms. The predicted octanol–water partition coefficient (Wildman–Crippen LogP) is 3.85. The first-order valence-electron chi connectivity index (χ1n) is 9.57. The average molecular weight is 424 g/mol. The molecule has 1 N–H and O–H groups in total. The van der Waals surface area contributed by atoms with E-state index >= 15 is 0 Å². The molecule has 0 aliphatic rings. The minimum Gasteiger partial charge on any atom is -0.349 e. The number of carbonyl (C=O) groups excluding carboxylic acids is 2. The van der Waals surface area contributed by atoms with Crippen LogP contribution in [0, 0.1) is 13.8 Å². The largest absolute Gasteiger partial charge is 0.349 e. The van der Waals surface area contributed by atoms with E-state index in [2.05, 4.69) is 19.9 Å². The summed E-state index contributed by atoms with van der Waals surface area (Å²) in [4.78, 5) is 32.6. The summed E-state index contributed by atoms with van der Waals surface area (Å²) in [6.07, 6.45) is 3.23. The number of aromatic nitrogens is 3. The zero-order valence-corrected chi connectivity index (χ0v) is 18.5. The Labute approximate surface area is 180 Å². The van der Waals surface area contributed by atoms with Crippen LogP contribution in [0.5, 0.6) is 0 Å². The number of benzene rings is 1. The zero-order chi connectivity index (χ0) is 21.9. The Morgan fingerprint density at radius 3 is 2.40 bits per heavy atom. The molecule has 1 aromatic carbocycles. The molecule has 8 heteroatoms. The molecule has 0 unspecified atom stereocenters. The molecule has 156 valence electrons. The molecule has 0 aliphatic heterocycles. The minimum atomic E-state index is -0.901. The van der Waals surface area contributed by atoms with E-state index in [1.807, 2.05) is 52.8 Å². The third-order valence-corrected chi connectivity index (χ3v) is 4.95. The first kappa shape index (κ1) is 21.6. The van der Waals surface area contributed by atoms with Crippen LogP contribution in [0.15, 0.2) is 48.1 Å². The fourth-order valence-electron chi connectivity index (χ4n) is 3.13. The van der Waals surface area contributed by atoms with Crippen molar-refractivity contribution in [2.75, 3.05) is 4.90 Å². The summed E-state index contributed by atoms with van der Waals surface area (Å²) in [7, 11) is 0. The molecule has 0 saturated carbocycles. The van der Waals surface area contributed by atoms with Gasteiger partial charge >= 0.3 is 0 Å². The van der Waals surface area contributed by atoms with Crippen molar-refractivity contribution >= 4 is 29.0 Å². The SMILES string of the molecule is Cc1ccc(C)c(N(C(=O)c2csnn2)[C@@H](C(=O)NC(C)(C)C)c2ccncc2)c1. The van der Waals surface area contributed by atoms with Crippen molar-refractivity contribution < 1.29 is 9.59 Å². The van der Waals surface area contributed by atoms with Crippen molar-refractivity contribution in [3.63, 3.8) is 0 Å². The van der Waals surface area contributed by atoms with Crippen LogP contribution in [0.2, 0.25) is 0 Å². The van der Waals surface area contributed by atoms with Crippen molar-refractivity contribution in [1.82, 2.24) is 19.9 Å². The molecule has 0 spiro atoms. The molecule has 0 fully saturated rings. The van der Waals surface area contributed by atoms with E-state index in [1.165, 1.54) is 4.90 Å². The van der Waals surface area contributed by atoms with E-state index in [0.29, 0.717) is 11.3 Å². The average Bonchev–Trinajstić information content (AvgIpc) is 3.21. The fraction of sp³-hybridized carbons (Fsp3) is 0.318. The normalized spacial score (nSPS) is 12.3. The Hall–Kier alpha value is -3.13. The molecule has 30 heavy (non-hydrogen) atoms. The summed E-state index contributed by atoms with van der Waals surface area (Å²) in [6, 6.07) is 8.42. The van der Waals surface area contributed by atoms with Crippen molar-refractivity contribution in [2.24, 2.45) is 0 Å². The van der Waals surface area contributed by atoms with E-state index in [-0.39, 0.29) is 17.5 Å². The fourth-order valence-corrected chi connectivity index (χ4v) is 3.56. The summed E-state index contributed by atoms with van der Waals surface area (Å²) in [5, 5.41) is 8.56. The van der Waals surface area contributed by atoms with Gasteiger partial charge in [0.25, 0.3) is 5.91 Å². The smallest absolute Gasteiger partial charge is 0.280 e. The lowest BCUT2D eigenvalue weighted by molar-refractivity contribution is -0.123. The maximum Gasteiger partial charge on any atom is 0.280 e. The molecule has 0 saturated heterocycles. The second kappa shape index (κ2) is 8.71. The van der Waals surface area contributed by atoms with Crippen molar-refractivity contribution in [1.29, 1.82) is 0 Å². The lowest BCUT2D eigenvalue weighted by atomic mass is 10.00. The molecule has 2 amide bonds. The van der Waals surface area contributed by atoms with E-state index in [0.717, 1.165) is 22.7 Å². The van der Waals surface area contributed by atoms with Gasteiger partial charge in [0.1, 0.15) is 6.04 Å². The van der Waals surface area contributed by atoms with Gasteiger partial charge in [0.2, 0.25) is 5.91 Å². The van der Waals surface area contributed by atoms with Crippen LogP contribution in [0.25, 0.3) is 0 Å². The molecular weight excluding hydrogens is 398 g/mol. The van der Waals surface area contributed by atoms with Gasteiger partial charge in [0.15, 0.2) is 5.69 Å². The number of nitrogens with zero attached hydrogens (tertiary/aromatic N) is 4. The Kier molecular flexibility index (Phi) is 6.26. The van der Waals surface area contributed by atoms with Gasteiger partial charge < -0.3 is 5.32 Å². The number of carbonyl (C=O) groups is 2. The number of anilines is 1. The Morgan fingerprint density at radius 2 is 1.80 bits per heavy atom. The van der Waals surface area contributed by atoms with Crippen LogP contribution in [0.1, 0.15) is 54.0 Å². The van der Waals surface area contributed by atoms with Crippen LogP contribution in [-0.4, -0.2) is 31.9 Å². The maximum atomic E-state index is 13.6. The quantitative estimate of drug-likeness (QED) is 0.673. The number of amides is 2. The highest BCUT2D eigenvalue weighted by Crippen LogP contribution is 2.33. The third-order valence-electron chi connectivity index (χ3n) is 4.45. The van der Waals surface area contributed by atoms with Gasteiger partial charge in [0, 0.05) is 29.0 Å². The first-order valence-corrected chi connectivity index (χ1v) is 10.4. The number of hydrogen-bond acceptors (Lipinski definition) is 6. The Balaban J connectivity index is 2.21. The van der Waals surface area contributed by atoms with Gasteiger partial charge in [-0.25, -0.2) is 0 Å². The van der Waals surface area contributed by atoms with Crippen LogP contribution in [0.3, 0.4) is 0 Å². The molecule has 0 radical (unpaired) electrons. The highest BCUT2D eigenvalue weighted by atomic mass is 32.1. The third kappa shape index (κ3) is 4.88. The van der Waals surface area contributed by atoms with E-state index in [4.69, 9.17) is 0 Å². The summed E-state index contributed by atoms with van der Waals surface area (Å²) >= 11 is 1.09. The molecule has 0 aliphatic carbocycles. The predicted molar refractivity (Wildman–Crippen MR) is 118 cm³/mol. The number of hydrogen-bond donors (Lipinski definition) is 1. The van der Waals surface area contributed by atoms with Crippen LogP contribution in [-0.2, 0) is 4.79 Å². The second-order valence-corrected chi connectivity index (χ2v) is 8.79. The second-order valence-electron chi connectivity index (χ2n) is 8.18. The van der Waals surface area contributed by atoms with Crippen LogP contribution in [0.4, 0.5) is 5.69 Å². The highest BCUT2D eigenvalue weighted by Gasteiger charge is 2.36. The molecule has 2 aromatic heterocycles. The van der Waals surface area contributed by atoms with Crippen molar-refractivity contribution in [2.45, 2.75) is 46.2 Å². The van der Waals surface area contributed by atoms with Crippen LogP contribution < -0.4 is 10.2 Å². The topological polar surface area (TPSA) is 88.1 Å². The molecule has 2 heterocycles. The van der Waals surface area contributed by atoms with Gasteiger partial charge in [-0.05, 0) is 81.0 Å². The van der Waals surface area contributed by atoms with Crippen molar-refractivity contribution in [3.8, 4) is 0 Å². The van der Waals surface area contributed by atoms with Crippen molar-refractivity contribution in [3.05, 3.63) is 70.5 Å².